The summed E-state index contributed by atoms with van der Waals surface area (Å²) < 4.78 is 16.8. The summed E-state index contributed by atoms with van der Waals surface area (Å²) in [7, 11) is 0. The molecule has 6 heteroatoms. The minimum atomic E-state index is -0.780. The van der Waals surface area contributed by atoms with Crippen LogP contribution < -0.4 is 0 Å². The fraction of sp³-hybridized carbons (Fsp3) is 0.746. The molecule has 73 heavy (non-hydrogen) atoms. The third-order valence-electron chi connectivity index (χ3n) is 13.4. The molecule has 6 nitrogen and oxygen atoms in total. The van der Waals surface area contributed by atoms with Gasteiger partial charge in [0, 0.05) is 19.3 Å². The van der Waals surface area contributed by atoms with Gasteiger partial charge in [0.15, 0.2) is 6.10 Å². The lowest BCUT2D eigenvalue weighted by Gasteiger charge is -2.18. The quantitative estimate of drug-likeness (QED) is 0.0261. The molecule has 0 aliphatic heterocycles. The molecule has 0 saturated carbocycles. The zero-order valence-corrected chi connectivity index (χ0v) is 48.1. The summed E-state index contributed by atoms with van der Waals surface area (Å²) in [6, 6.07) is 0. The Morgan fingerprint density at radius 1 is 0.288 bits per heavy atom. The predicted molar refractivity (Wildman–Crippen MR) is 316 cm³/mol. The van der Waals surface area contributed by atoms with Crippen molar-refractivity contribution in [2.75, 3.05) is 13.2 Å². The molecule has 0 aromatic rings. The SMILES string of the molecule is CC/C=C\C/C=C\C/C=C\C/C=C\C/C=C\CCCCCCCCCCCCCCCCCC(=O)OCC(COC(=O)CCCCCCCCCCC)OC(=O)CCCCCCC/C=C\C/C=C\CCCCC. The third kappa shape index (κ3) is 59.3. The molecule has 0 fully saturated rings. The summed E-state index contributed by atoms with van der Waals surface area (Å²) in [5.74, 6) is -0.886. The summed E-state index contributed by atoms with van der Waals surface area (Å²) >= 11 is 0. The lowest BCUT2D eigenvalue weighted by atomic mass is 10.0. The van der Waals surface area contributed by atoms with Crippen LogP contribution in [-0.4, -0.2) is 37.2 Å². The van der Waals surface area contributed by atoms with Crippen LogP contribution in [0.3, 0.4) is 0 Å². The van der Waals surface area contributed by atoms with E-state index in [-0.39, 0.29) is 31.1 Å². The fourth-order valence-electron chi connectivity index (χ4n) is 8.74. The highest BCUT2D eigenvalue weighted by atomic mass is 16.6. The van der Waals surface area contributed by atoms with Crippen molar-refractivity contribution in [3.05, 3.63) is 85.1 Å². The standard InChI is InChI=1S/C67H116O6/c1-4-7-10-13-16-19-21-23-25-26-27-28-29-30-31-32-33-34-35-36-37-38-39-40-42-43-45-48-51-54-57-60-66(69)72-63-64(62-71-65(68)59-56-53-50-47-18-15-12-9-6-3)73-67(70)61-58-55-52-49-46-44-41-24-22-20-17-14-11-8-5-2/h7,10,16-17,19-20,23-25,27-28,30-31,41,64H,4-6,8-9,11-15,18,21-22,26,29,32-40,42-63H2,1-3H3/b10-7-,19-16-,20-17-,25-23-,28-27-,31-30-,41-24-. The molecule has 420 valence electrons. The first kappa shape index (κ1) is 69.6. The molecule has 0 aromatic heterocycles. The molecule has 0 spiro atoms. The van der Waals surface area contributed by atoms with Crippen LogP contribution in [0.15, 0.2) is 85.1 Å². The third-order valence-corrected chi connectivity index (χ3v) is 13.4. The van der Waals surface area contributed by atoms with Gasteiger partial charge >= 0.3 is 17.9 Å². The number of hydrogen-bond acceptors (Lipinski definition) is 6. The monoisotopic (exact) mass is 1020 g/mol. The lowest BCUT2D eigenvalue weighted by Crippen LogP contribution is -2.30. The van der Waals surface area contributed by atoms with Crippen LogP contribution in [0, 0.1) is 0 Å². The highest BCUT2D eigenvalue weighted by Crippen LogP contribution is 2.16. The summed E-state index contributed by atoms with van der Waals surface area (Å²) in [6.07, 6.45) is 80.3. The average Bonchev–Trinajstić information content (AvgIpc) is 3.39. The second-order valence-electron chi connectivity index (χ2n) is 20.6. The van der Waals surface area contributed by atoms with Gasteiger partial charge in [-0.25, -0.2) is 0 Å². The van der Waals surface area contributed by atoms with E-state index in [0.29, 0.717) is 19.3 Å². The van der Waals surface area contributed by atoms with Gasteiger partial charge in [-0.05, 0) is 96.3 Å². The molecule has 0 aliphatic rings. The van der Waals surface area contributed by atoms with Crippen LogP contribution in [0.2, 0.25) is 0 Å². The van der Waals surface area contributed by atoms with Crippen LogP contribution in [0.4, 0.5) is 0 Å². The van der Waals surface area contributed by atoms with Crippen LogP contribution in [0.25, 0.3) is 0 Å². The van der Waals surface area contributed by atoms with Crippen molar-refractivity contribution < 1.29 is 28.6 Å². The summed E-state index contributed by atoms with van der Waals surface area (Å²) in [5.41, 5.74) is 0. The second kappa shape index (κ2) is 61.1. The zero-order valence-electron chi connectivity index (χ0n) is 48.1. The van der Waals surface area contributed by atoms with E-state index in [1.54, 1.807) is 0 Å². The van der Waals surface area contributed by atoms with Crippen molar-refractivity contribution in [1.29, 1.82) is 0 Å². The van der Waals surface area contributed by atoms with E-state index in [1.165, 1.54) is 148 Å². The Balaban J connectivity index is 4.12. The van der Waals surface area contributed by atoms with E-state index in [9.17, 15) is 14.4 Å². The van der Waals surface area contributed by atoms with Crippen molar-refractivity contribution in [2.24, 2.45) is 0 Å². The molecule has 1 atom stereocenters. The van der Waals surface area contributed by atoms with E-state index < -0.39 is 6.10 Å². The fourth-order valence-corrected chi connectivity index (χ4v) is 8.74. The van der Waals surface area contributed by atoms with Gasteiger partial charge in [0.05, 0.1) is 0 Å². The topological polar surface area (TPSA) is 78.9 Å². The van der Waals surface area contributed by atoms with Crippen molar-refractivity contribution in [1.82, 2.24) is 0 Å². The van der Waals surface area contributed by atoms with E-state index in [1.807, 2.05) is 0 Å². The molecule has 0 bridgehead atoms. The van der Waals surface area contributed by atoms with E-state index in [4.69, 9.17) is 14.2 Å². The summed E-state index contributed by atoms with van der Waals surface area (Å²) in [5, 5.41) is 0. The molecule has 0 saturated heterocycles. The second-order valence-corrected chi connectivity index (χ2v) is 20.6. The molecule has 0 rings (SSSR count). The predicted octanol–water partition coefficient (Wildman–Crippen LogP) is 21.1. The number of rotatable bonds is 56. The Hall–Kier alpha value is -3.41. The van der Waals surface area contributed by atoms with Gasteiger partial charge in [-0.15, -0.1) is 0 Å². The Labute approximate surface area is 452 Å². The smallest absolute Gasteiger partial charge is 0.306 e. The number of carbonyl (C=O) groups is 3. The van der Waals surface area contributed by atoms with Crippen molar-refractivity contribution in [2.45, 2.75) is 309 Å². The Bertz CT molecular complexity index is 1400. The molecule has 0 amide bonds. The number of ether oxygens (including phenoxy) is 3. The number of hydrogen-bond donors (Lipinski definition) is 0. The van der Waals surface area contributed by atoms with E-state index in [2.05, 4.69) is 106 Å². The van der Waals surface area contributed by atoms with E-state index >= 15 is 0 Å². The van der Waals surface area contributed by atoms with Crippen molar-refractivity contribution in [3.63, 3.8) is 0 Å². The van der Waals surface area contributed by atoms with Gasteiger partial charge < -0.3 is 14.2 Å². The van der Waals surface area contributed by atoms with Crippen LogP contribution >= 0.6 is 0 Å². The maximum atomic E-state index is 12.8. The zero-order chi connectivity index (χ0) is 52.9. The number of esters is 3. The normalized spacial score (nSPS) is 12.6. The molecule has 0 aliphatic carbocycles. The van der Waals surface area contributed by atoms with Gasteiger partial charge in [-0.1, -0.05) is 273 Å². The maximum Gasteiger partial charge on any atom is 0.306 e. The van der Waals surface area contributed by atoms with Crippen LogP contribution in [-0.2, 0) is 28.6 Å². The van der Waals surface area contributed by atoms with Crippen LogP contribution in [0.1, 0.15) is 303 Å². The Morgan fingerprint density at radius 3 is 0.863 bits per heavy atom. The van der Waals surface area contributed by atoms with Gasteiger partial charge in [-0.2, -0.15) is 0 Å². The lowest BCUT2D eigenvalue weighted by molar-refractivity contribution is -0.167. The van der Waals surface area contributed by atoms with Crippen molar-refractivity contribution in [3.8, 4) is 0 Å². The van der Waals surface area contributed by atoms with Crippen LogP contribution in [0.5, 0.6) is 0 Å². The van der Waals surface area contributed by atoms with Gasteiger partial charge in [-0.3, -0.25) is 14.4 Å². The average molecular weight is 1020 g/mol. The number of allylic oxidation sites excluding steroid dienone is 14. The molecular weight excluding hydrogens is 901 g/mol. The minimum absolute atomic E-state index is 0.0785. The number of unbranched alkanes of at least 4 members (excludes halogenated alkanes) is 31. The molecule has 1 unspecified atom stereocenters. The number of carbonyl (C=O) groups excluding carboxylic acids is 3. The van der Waals surface area contributed by atoms with Gasteiger partial charge in [0.25, 0.3) is 0 Å². The molecule has 0 N–H and O–H groups in total. The molecule has 0 aromatic carbocycles. The van der Waals surface area contributed by atoms with Gasteiger partial charge in [0.2, 0.25) is 0 Å². The van der Waals surface area contributed by atoms with Gasteiger partial charge in [0.1, 0.15) is 13.2 Å². The Morgan fingerprint density at radius 2 is 0.534 bits per heavy atom. The molecular formula is C67H116O6. The largest absolute Gasteiger partial charge is 0.462 e. The van der Waals surface area contributed by atoms with Crippen molar-refractivity contribution >= 4 is 17.9 Å². The molecule has 0 heterocycles. The maximum absolute atomic E-state index is 12.8. The minimum Gasteiger partial charge on any atom is -0.462 e. The summed E-state index contributed by atoms with van der Waals surface area (Å²) in [6.45, 7) is 6.49. The highest BCUT2D eigenvalue weighted by molar-refractivity contribution is 5.71. The highest BCUT2D eigenvalue weighted by Gasteiger charge is 2.19. The first-order valence-electron chi connectivity index (χ1n) is 31.1. The van der Waals surface area contributed by atoms with E-state index in [0.717, 1.165) is 116 Å². The Kier molecular flexibility index (Phi) is 58.3. The summed E-state index contributed by atoms with van der Waals surface area (Å²) in [4.78, 5) is 38.1. The molecule has 0 radical (unpaired) electrons. The first-order valence-corrected chi connectivity index (χ1v) is 31.1. The first-order chi connectivity index (χ1) is 36.0.